The molecule has 1 heterocycles. The summed E-state index contributed by atoms with van der Waals surface area (Å²) in [7, 11) is 0. The number of non-ortho nitro benzene ring substituents is 1. The predicted octanol–water partition coefficient (Wildman–Crippen LogP) is 2.20. The third-order valence-corrected chi connectivity index (χ3v) is 2.65. The number of H-pyrrole nitrogens is 1. The minimum atomic E-state index is -0.458. The van der Waals surface area contributed by atoms with Crippen molar-refractivity contribution in [1.29, 1.82) is 0 Å². The first-order chi connectivity index (χ1) is 8.49. The van der Waals surface area contributed by atoms with Crippen molar-refractivity contribution >= 4 is 5.69 Å². The van der Waals surface area contributed by atoms with Crippen LogP contribution in [0.25, 0.3) is 5.69 Å². The summed E-state index contributed by atoms with van der Waals surface area (Å²) in [5.74, 6) is 0.142. The van der Waals surface area contributed by atoms with Crippen molar-refractivity contribution in [1.82, 2.24) is 9.78 Å². The molecule has 0 radical (unpaired) electrons. The molecular weight excluding hydrogens is 234 g/mol. The molecule has 1 aromatic heterocycles. The maximum atomic E-state index is 11.4. The number of rotatable bonds is 3. The van der Waals surface area contributed by atoms with Crippen LogP contribution in [-0.2, 0) is 0 Å². The second kappa shape index (κ2) is 4.48. The summed E-state index contributed by atoms with van der Waals surface area (Å²) in [4.78, 5) is 21.7. The Bertz CT molecular complexity index is 640. The number of nitro benzene ring substituents is 1. The maximum Gasteiger partial charge on any atom is 0.271 e. The summed E-state index contributed by atoms with van der Waals surface area (Å²) in [5, 5.41) is 13.4. The second-order valence-electron chi connectivity index (χ2n) is 4.31. The lowest BCUT2D eigenvalue weighted by molar-refractivity contribution is -0.384. The summed E-state index contributed by atoms with van der Waals surface area (Å²) in [6, 6.07) is 7.66. The van der Waals surface area contributed by atoms with Gasteiger partial charge in [-0.15, -0.1) is 0 Å². The number of aromatic amines is 1. The molecule has 0 fully saturated rings. The molecule has 0 saturated heterocycles. The van der Waals surface area contributed by atoms with E-state index in [1.54, 1.807) is 16.8 Å². The zero-order chi connectivity index (χ0) is 13.3. The van der Waals surface area contributed by atoms with Crippen LogP contribution >= 0.6 is 0 Å². The van der Waals surface area contributed by atoms with Gasteiger partial charge in [-0.1, -0.05) is 19.9 Å². The van der Waals surface area contributed by atoms with Crippen molar-refractivity contribution in [3.8, 4) is 5.69 Å². The van der Waals surface area contributed by atoms with Crippen LogP contribution in [0.4, 0.5) is 5.69 Å². The Morgan fingerprint density at radius 2 is 2.06 bits per heavy atom. The fourth-order valence-electron chi connectivity index (χ4n) is 1.79. The van der Waals surface area contributed by atoms with Crippen LogP contribution in [0, 0.1) is 10.1 Å². The quantitative estimate of drug-likeness (QED) is 0.666. The van der Waals surface area contributed by atoms with E-state index in [2.05, 4.69) is 5.10 Å². The van der Waals surface area contributed by atoms with Gasteiger partial charge in [-0.3, -0.25) is 24.7 Å². The lowest BCUT2D eigenvalue weighted by Gasteiger charge is -2.10. The number of nitro groups is 1. The fraction of sp³-hybridized carbons (Fsp3) is 0.250. The van der Waals surface area contributed by atoms with E-state index < -0.39 is 4.92 Å². The van der Waals surface area contributed by atoms with Crippen LogP contribution in [0.5, 0.6) is 0 Å². The van der Waals surface area contributed by atoms with E-state index in [4.69, 9.17) is 0 Å². The molecule has 0 aliphatic carbocycles. The van der Waals surface area contributed by atoms with Gasteiger partial charge in [0.05, 0.1) is 10.6 Å². The van der Waals surface area contributed by atoms with Crippen LogP contribution in [0.15, 0.2) is 35.1 Å². The molecule has 0 spiro atoms. The lowest BCUT2D eigenvalue weighted by atomic mass is 10.1. The van der Waals surface area contributed by atoms with Crippen molar-refractivity contribution in [2.45, 2.75) is 19.8 Å². The van der Waals surface area contributed by atoms with Crippen molar-refractivity contribution in [2.75, 3.05) is 0 Å². The van der Waals surface area contributed by atoms with E-state index in [-0.39, 0.29) is 17.2 Å². The molecule has 6 nitrogen and oxygen atoms in total. The van der Waals surface area contributed by atoms with Gasteiger partial charge < -0.3 is 0 Å². The fourth-order valence-corrected chi connectivity index (χ4v) is 1.79. The third kappa shape index (κ3) is 2.17. The Hall–Kier alpha value is -2.37. The first-order valence-corrected chi connectivity index (χ1v) is 5.56. The maximum absolute atomic E-state index is 11.4. The molecule has 2 aromatic rings. The van der Waals surface area contributed by atoms with E-state index in [9.17, 15) is 14.9 Å². The minimum absolute atomic E-state index is 0.00300. The first-order valence-electron chi connectivity index (χ1n) is 5.56. The highest BCUT2D eigenvalue weighted by Crippen LogP contribution is 2.20. The summed E-state index contributed by atoms with van der Waals surface area (Å²) >= 11 is 0. The van der Waals surface area contributed by atoms with Gasteiger partial charge in [0, 0.05) is 23.9 Å². The van der Waals surface area contributed by atoms with E-state index in [0.717, 1.165) is 5.69 Å². The predicted molar refractivity (Wildman–Crippen MR) is 67.1 cm³/mol. The van der Waals surface area contributed by atoms with E-state index >= 15 is 0 Å². The number of nitrogens with one attached hydrogen (secondary N) is 1. The Morgan fingerprint density at radius 1 is 1.33 bits per heavy atom. The van der Waals surface area contributed by atoms with Gasteiger partial charge in [0.1, 0.15) is 0 Å². The minimum Gasteiger partial charge on any atom is -0.268 e. The zero-order valence-electron chi connectivity index (χ0n) is 10.1. The number of nitrogens with zero attached hydrogens (tertiary/aromatic N) is 2. The van der Waals surface area contributed by atoms with Crippen molar-refractivity contribution in [2.24, 2.45) is 0 Å². The molecule has 6 heteroatoms. The van der Waals surface area contributed by atoms with E-state index in [1.807, 2.05) is 13.8 Å². The highest BCUT2D eigenvalue weighted by Gasteiger charge is 2.12. The SMILES string of the molecule is CC(C)c1cc(=O)[nH]n1-c1cccc([N+](=O)[O-])c1. The molecule has 0 bridgehead atoms. The largest absolute Gasteiger partial charge is 0.271 e. The van der Waals surface area contributed by atoms with Crippen LogP contribution in [0.1, 0.15) is 25.5 Å². The van der Waals surface area contributed by atoms with Crippen molar-refractivity contribution in [3.05, 3.63) is 56.5 Å². The molecule has 2 rings (SSSR count). The van der Waals surface area contributed by atoms with Crippen LogP contribution in [0.3, 0.4) is 0 Å². The molecule has 94 valence electrons. The zero-order valence-corrected chi connectivity index (χ0v) is 10.1. The molecule has 0 saturated carbocycles. The van der Waals surface area contributed by atoms with Gasteiger partial charge in [0.25, 0.3) is 11.2 Å². The highest BCUT2D eigenvalue weighted by molar-refractivity contribution is 5.43. The van der Waals surface area contributed by atoms with Crippen molar-refractivity contribution in [3.63, 3.8) is 0 Å². The van der Waals surface area contributed by atoms with E-state index in [1.165, 1.54) is 18.2 Å². The molecule has 0 aliphatic heterocycles. The van der Waals surface area contributed by atoms with Gasteiger partial charge >= 0.3 is 0 Å². The Labute approximate surface area is 103 Å². The van der Waals surface area contributed by atoms with Crippen LogP contribution in [-0.4, -0.2) is 14.7 Å². The van der Waals surface area contributed by atoms with Crippen LogP contribution < -0.4 is 5.56 Å². The smallest absolute Gasteiger partial charge is 0.268 e. The molecule has 1 N–H and O–H groups in total. The molecule has 0 amide bonds. The molecular formula is C12H13N3O3. The van der Waals surface area contributed by atoms with Gasteiger partial charge in [0.15, 0.2) is 0 Å². The molecule has 0 atom stereocenters. The molecule has 18 heavy (non-hydrogen) atoms. The lowest BCUT2D eigenvalue weighted by Crippen LogP contribution is -2.06. The van der Waals surface area contributed by atoms with Crippen LogP contribution in [0.2, 0.25) is 0 Å². The van der Waals surface area contributed by atoms with E-state index in [0.29, 0.717) is 5.69 Å². The monoisotopic (exact) mass is 247 g/mol. The average molecular weight is 247 g/mol. The average Bonchev–Trinajstić information content (AvgIpc) is 2.72. The second-order valence-corrected chi connectivity index (χ2v) is 4.31. The summed E-state index contributed by atoms with van der Waals surface area (Å²) < 4.78 is 1.58. The third-order valence-electron chi connectivity index (χ3n) is 2.65. The standard InChI is InChI=1S/C12H13N3O3/c1-8(2)11-7-12(16)13-14(11)9-4-3-5-10(6-9)15(17)18/h3-8H,1-2H3,(H,13,16). The highest BCUT2D eigenvalue weighted by atomic mass is 16.6. The number of benzene rings is 1. The Morgan fingerprint density at radius 3 is 2.67 bits per heavy atom. The van der Waals surface area contributed by atoms with Gasteiger partial charge in [-0.25, -0.2) is 0 Å². The Kier molecular flexibility index (Phi) is 3.01. The topological polar surface area (TPSA) is 80.9 Å². The number of aromatic nitrogens is 2. The van der Waals surface area contributed by atoms with Gasteiger partial charge in [-0.2, -0.15) is 0 Å². The normalized spacial score (nSPS) is 10.8. The molecule has 0 aliphatic rings. The first kappa shape index (κ1) is 12.1. The number of hydrogen-bond donors (Lipinski definition) is 1. The van der Waals surface area contributed by atoms with Gasteiger partial charge in [0.2, 0.25) is 0 Å². The summed E-state index contributed by atoms with van der Waals surface area (Å²) in [5.41, 5.74) is 1.15. The summed E-state index contributed by atoms with van der Waals surface area (Å²) in [6.45, 7) is 3.91. The Balaban J connectivity index is 2.58. The molecule has 0 unspecified atom stereocenters. The summed E-state index contributed by atoms with van der Waals surface area (Å²) in [6.07, 6.45) is 0. The van der Waals surface area contributed by atoms with Crippen molar-refractivity contribution < 1.29 is 4.92 Å². The number of hydrogen-bond acceptors (Lipinski definition) is 3. The van der Waals surface area contributed by atoms with Gasteiger partial charge in [-0.05, 0) is 12.0 Å². The molecule has 1 aromatic carbocycles.